The highest BCUT2D eigenvalue weighted by Crippen LogP contribution is 2.40. The Kier molecular flexibility index (Phi) is 6.78. The van der Waals surface area contributed by atoms with Crippen LogP contribution in [0.25, 0.3) is 16.8 Å². The number of para-hydroxylation sites is 1. The summed E-state index contributed by atoms with van der Waals surface area (Å²) in [5.74, 6) is -0.220. The molecule has 1 aromatic heterocycles. The molecular weight excluding hydrogens is 463 g/mol. The van der Waals surface area contributed by atoms with E-state index in [1.165, 1.54) is 25.4 Å². The zero-order valence-corrected chi connectivity index (χ0v) is 20.2. The highest BCUT2D eigenvalue weighted by atomic mass is 32.2. The van der Waals surface area contributed by atoms with Gasteiger partial charge in [0, 0.05) is 23.4 Å². The molecule has 0 saturated heterocycles. The molecular formula is C23H25FN4O5S. The van der Waals surface area contributed by atoms with Gasteiger partial charge in [-0.15, -0.1) is 0 Å². The van der Waals surface area contributed by atoms with Crippen molar-refractivity contribution in [3.63, 3.8) is 0 Å². The number of aromatic nitrogens is 2. The molecule has 34 heavy (non-hydrogen) atoms. The Morgan fingerprint density at radius 2 is 1.88 bits per heavy atom. The predicted octanol–water partition coefficient (Wildman–Crippen LogP) is 2.52. The summed E-state index contributed by atoms with van der Waals surface area (Å²) in [6, 6.07) is 9.41. The summed E-state index contributed by atoms with van der Waals surface area (Å²) in [5, 5.41) is 3.57. The lowest BCUT2D eigenvalue weighted by molar-refractivity contribution is 0.399. The zero-order chi connectivity index (χ0) is 25.3. The van der Waals surface area contributed by atoms with Crippen LogP contribution in [0, 0.1) is 5.82 Å². The summed E-state index contributed by atoms with van der Waals surface area (Å²) in [6.07, 6.45) is 3.05. The molecule has 0 unspecified atom stereocenters. The van der Waals surface area contributed by atoms with Crippen molar-refractivity contribution in [2.45, 2.75) is 26.2 Å². The molecule has 0 aliphatic carbocycles. The topological polar surface area (TPSA) is 123 Å². The molecule has 0 bridgehead atoms. The van der Waals surface area contributed by atoms with Gasteiger partial charge >= 0.3 is 5.69 Å². The van der Waals surface area contributed by atoms with Gasteiger partial charge in [0.1, 0.15) is 11.6 Å². The first-order valence-electron chi connectivity index (χ1n) is 10.2. The summed E-state index contributed by atoms with van der Waals surface area (Å²) >= 11 is 0. The Labute approximate surface area is 196 Å². The third kappa shape index (κ3) is 5.42. The van der Waals surface area contributed by atoms with Gasteiger partial charge in [0.25, 0.3) is 5.56 Å². The maximum Gasteiger partial charge on any atom is 0.332 e. The lowest BCUT2D eigenvalue weighted by Crippen LogP contribution is -2.28. The van der Waals surface area contributed by atoms with E-state index in [0.29, 0.717) is 16.9 Å². The Morgan fingerprint density at radius 3 is 2.47 bits per heavy atom. The van der Waals surface area contributed by atoms with Crippen LogP contribution in [0.4, 0.5) is 4.39 Å². The molecule has 1 heterocycles. The van der Waals surface area contributed by atoms with E-state index in [1.807, 2.05) is 37.7 Å². The van der Waals surface area contributed by atoms with Gasteiger partial charge in [0.15, 0.2) is 0 Å². The summed E-state index contributed by atoms with van der Waals surface area (Å²) in [7, 11) is -2.16. The number of nitrogens with zero attached hydrogens (tertiary/aromatic N) is 2. The van der Waals surface area contributed by atoms with Gasteiger partial charge in [-0.2, -0.15) is 5.10 Å². The van der Waals surface area contributed by atoms with E-state index < -0.39 is 27.1 Å². The molecule has 0 fully saturated rings. The Morgan fingerprint density at radius 1 is 1.18 bits per heavy atom. The minimum Gasteiger partial charge on any atom is -0.496 e. The lowest BCUT2D eigenvalue weighted by Gasteiger charge is -2.24. The third-order valence-corrected chi connectivity index (χ3v) is 5.38. The van der Waals surface area contributed by atoms with Crippen molar-refractivity contribution in [1.82, 2.24) is 14.4 Å². The van der Waals surface area contributed by atoms with Crippen molar-refractivity contribution in [2.24, 2.45) is 5.10 Å². The molecule has 0 atom stereocenters. The van der Waals surface area contributed by atoms with E-state index in [4.69, 9.17) is 4.74 Å². The standard InChI is InChI=1S/C23H25FN4O5S/c1-23(2,3)17-8-6-7-15(21(17)33-4)14-11-18(24)16(13-25-27-34(5,31)32)19(12-14)28-10-9-20(29)26-22(28)30/h6-13,27H,1-5H3,(H,26,29,30)/b25-13+. The van der Waals surface area contributed by atoms with Crippen LogP contribution in [0.1, 0.15) is 31.9 Å². The lowest BCUT2D eigenvalue weighted by atomic mass is 9.84. The van der Waals surface area contributed by atoms with Crippen molar-refractivity contribution >= 4 is 16.2 Å². The van der Waals surface area contributed by atoms with Gasteiger partial charge in [0.2, 0.25) is 10.0 Å². The molecule has 3 aromatic rings. The minimum atomic E-state index is -3.68. The van der Waals surface area contributed by atoms with Crippen LogP contribution in [0.5, 0.6) is 5.75 Å². The fraction of sp³-hybridized carbons (Fsp3) is 0.261. The zero-order valence-electron chi connectivity index (χ0n) is 19.3. The van der Waals surface area contributed by atoms with Crippen LogP contribution in [0.15, 0.2) is 57.3 Å². The number of hydrogen-bond acceptors (Lipinski definition) is 6. The number of aromatic amines is 1. The van der Waals surface area contributed by atoms with Crippen LogP contribution in [-0.4, -0.2) is 37.5 Å². The van der Waals surface area contributed by atoms with Crippen molar-refractivity contribution in [3.05, 3.63) is 80.4 Å². The Hall–Kier alpha value is -3.73. The van der Waals surface area contributed by atoms with Crippen molar-refractivity contribution in [2.75, 3.05) is 13.4 Å². The summed E-state index contributed by atoms with van der Waals surface area (Å²) < 4.78 is 44.8. The number of nitrogens with one attached hydrogen (secondary N) is 2. The van der Waals surface area contributed by atoms with Crippen molar-refractivity contribution in [3.8, 4) is 22.6 Å². The molecule has 0 radical (unpaired) electrons. The van der Waals surface area contributed by atoms with E-state index in [2.05, 4.69) is 10.1 Å². The number of hydrogen-bond donors (Lipinski definition) is 2. The fourth-order valence-electron chi connectivity index (χ4n) is 3.45. The van der Waals surface area contributed by atoms with Gasteiger partial charge in [-0.1, -0.05) is 39.0 Å². The maximum absolute atomic E-state index is 15.4. The van der Waals surface area contributed by atoms with Gasteiger partial charge in [-0.25, -0.2) is 22.4 Å². The van der Waals surface area contributed by atoms with Gasteiger partial charge in [-0.3, -0.25) is 14.3 Å². The van der Waals surface area contributed by atoms with Crippen LogP contribution >= 0.6 is 0 Å². The molecule has 2 N–H and O–H groups in total. The number of methoxy groups -OCH3 is 1. The molecule has 3 rings (SSSR count). The Balaban J connectivity index is 2.32. The van der Waals surface area contributed by atoms with Crippen LogP contribution in [0.2, 0.25) is 0 Å². The first kappa shape index (κ1) is 24.9. The highest BCUT2D eigenvalue weighted by Gasteiger charge is 2.23. The Bertz CT molecular complexity index is 1480. The number of benzene rings is 2. The second-order valence-corrected chi connectivity index (χ2v) is 10.4. The second kappa shape index (κ2) is 9.26. The van der Waals surface area contributed by atoms with E-state index in [1.54, 1.807) is 6.07 Å². The second-order valence-electron chi connectivity index (χ2n) is 8.63. The van der Waals surface area contributed by atoms with E-state index in [-0.39, 0.29) is 16.7 Å². The van der Waals surface area contributed by atoms with Crippen LogP contribution in [0.3, 0.4) is 0 Å². The molecule has 9 nitrogen and oxygen atoms in total. The third-order valence-electron chi connectivity index (χ3n) is 4.94. The monoisotopic (exact) mass is 488 g/mol. The number of H-pyrrole nitrogens is 1. The largest absolute Gasteiger partial charge is 0.496 e. The van der Waals surface area contributed by atoms with Crippen molar-refractivity contribution in [1.29, 1.82) is 0 Å². The molecule has 0 aliphatic rings. The normalized spacial score (nSPS) is 12.2. The predicted molar refractivity (Wildman–Crippen MR) is 129 cm³/mol. The van der Waals surface area contributed by atoms with Gasteiger partial charge < -0.3 is 4.74 Å². The number of halogens is 1. The fourth-order valence-corrected chi connectivity index (χ4v) is 3.70. The SMILES string of the molecule is COc1c(-c2cc(F)c(/C=N/NS(C)(=O)=O)c(-n3ccc(=O)[nH]c3=O)c2)cccc1C(C)(C)C. The molecule has 0 amide bonds. The summed E-state index contributed by atoms with van der Waals surface area (Å²) in [6.45, 7) is 6.07. The number of rotatable bonds is 6. The first-order valence-corrected chi connectivity index (χ1v) is 12.0. The molecule has 180 valence electrons. The van der Waals surface area contributed by atoms with Crippen LogP contribution in [-0.2, 0) is 15.4 Å². The number of sulfonamides is 1. The smallest absolute Gasteiger partial charge is 0.332 e. The molecule has 2 aromatic carbocycles. The minimum absolute atomic E-state index is 0.0403. The summed E-state index contributed by atoms with van der Waals surface area (Å²) in [5.41, 5.74) is 0.0865. The number of hydrazone groups is 1. The quantitative estimate of drug-likeness (QED) is 0.408. The summed E-state index contributed by atoms with van der Waals surface area (Å²) in [4.78, 5) is 28.1. The molecule has 0 aliphatic heterocycles. The van der Waals surface area contributed by atoms with Crippen LogP contribution < -0.4 is 20.8 Å². The molecule has 0 spiro atoms. The first-order chi connectivity index (χ1) is 15.8. The molecule has 11 heteroatoms. The average molecular weight is 489 g/mol. The van der Waals surface area contributed by atoms with E-state index in [0.717, 1.165) is 28.7 Å². The highest BCUT2D eigenvalue weighted by molar-refractivity contribution is 7.88. The van der Waals surface area contributed by atoms with Gasteiger partial charge in [-0.05, 0) is 23.1 Å². The van der Waals surface area contributed by atoms with E-state index >= 15 is 4.39 Å². The van der Waals surface area contributed by atoms with E-state index in [9.17, 15) is 18.0 Å². The van der Waals surface area contributed by atoms with Gasteiger partial charge in [0.05, 0.1) is 30.8 Å². The maximum atomic E-state index is 15.4. The van der Waals surface area contributed by atoms with Crippen molar-refractivity contribution < 1.29 is 17.5 Å². The number of ether oxygens (including phenoxy) is 1. The average Bonchev–Trinajstić information content (AvgIpc) is 2.72. The molecule has 0 saturated carbocycles.